The maximum atomic E-state index is 5.21. The number of pyridine rings is 1. The van der Waals surface area contributed by atoms with Gasteiger partial charge in [-0.25, -0.2) is 0 Å². The molecule has 1 aromatic heterocycles. The minimum atomic E-state index is 0. The van der Waals surface area contributed by atoms with Gasteiger partial charge in [0.2, 0.25) is 0 Å². The van der Waals surface area contributed by atoms with Crippen LogP contribution in [-0.2, 0) is 18.6 Å². The molecule has 3 heteroatoms. The molecule has 2 nitrogen and oxygen atoms in total. The molecule has 0 spiro atoms. The van der Waals surface area contributed by atoms with Gasteiger partial charge >= 0.3 is 0 Å². The third kappa shape index (κ3) is 2.65. The van der Waals surface area contributed by atoms with Gasteiger partial charge in [-0.1, -0.05) is 54.2 Å². The monoisotopic (exact) mass is 285 g/mol. The number of hydrogen-bond acceptors (Lipinski definition) is 2. The first-order valence-electron chi connectivity index (χ1n) is 5.79. The number of aromatic nitrogens is 1. The molecule has 0 amide bonds. The van der Waals surface area contributed by atoms with Gasteiger partial charge < -0.3 is 9.72 Å². The Morgan fingerprint density at radius 1 is 1.05 bits per heavy atom. The minimum Gasteiger partial charge on any atom is -0.498 e. The Kier molecular flexibility index (Phi) is 4.25. The van der Waals surface area contributed by atoms with Gasteiger partial charge in [0.1, 0.15) is 5.75 Å². The number of ether oxygens (including phenoxy) is 1. The second kappa shape index (κ2) is 5.92. The van der Waals surface area contributed by atoms with E-state index >= 15 is 0 Å². The fourth-order valence-corrected chi connectivity index (χ4v) is 2.06. The topological polar surface area (TPSA) is 22.1 Å². The molecule has 2 aromatic carbocycles. The van der Waals surface area contributed by atoms with Crippen molar-refractivity contribution in [2.45, 2.75) is 0 Å². The Balaban J connectivity index is 0.00000133. The maximum Gasteiger partial charge on any atom is 0.108 e. The summed E-state index contributed by atoms with van der Waals surface area (Å²) in [6.07, 6.45) is 2.95. The molecule has 0 saturated carbocycles. The summed E-state index contributed by atoms with van der Waals surface area (Å²) in [5, 5.41) is 1.11. The largest absolute Gasteiger partial charge is 0.498 e. The van der Waals surface area contributed by atoms with Crippen LogP contribution in [0.2, 0.25) is 0 Å². The number of rotatable bonds is 2. The zero-order chi connectivity index (χ0) is 12.4. The molecule has 19 heavy (non-hydrogen) atoms. The van der Waals surface area contributed by atoms with Crippen LogP contribution in [0.5, 0.6) is 5.75 Å². The number of methoxy groups -OCH3 is 1. The predicted molar refractivity (Wildman–Crippen MR) is 72.6 cm³/mol. The van der Waals surface area contributed by atoms with Gasteiger partial charge in [-0.3, -0.25) is 0 Å². The Morgan fingerprint density at radius 2 is 1.84 bits per heavy atom. The first kappa shape index (κ1) is 13.7. The maximum absolute atomic E-state index is 5.21. The van der Waals surface area contributed by atoms with Crippen molar-refractivity contribution >= 4 is 10.9 Å². The average Bonchev–Trinajstić information content (AvgIpc) is 2.47. The summed E-state index contributed by atoms with van der Waals surface area (Å²) in [4.78, 5) is 4.27. The molecular weight excluding hydrogens is 273 g/mol. The number of fused-ring (bicyclic) bond motifs is 1. The molecule has 0 fully saturated rings. The Labute approximate surface area is 124 Å². The average molecular weight is 285 g/mol. The smallest absolute Gasteiger partial charge is 0.108 e. The normalized spacial score (nSPS) is 9.95. The van der Waals surface area contributed by atoms with E-state index in [2.05, 4.69) is 23.3 Å². The Hall–Kier alpha value is -1.77. The number of benzene rings is 2. The third-order valence-corrected chi connectivity index (χ3v) is 2.97. The van der Waals surface area contributed by atoms with E-state index in [0.717, 1.165) is 22.2 Å². The van der Waals surface area contributed by atoms with Crippen LogP contribution < -0.4 is 4.74 Å². The Bertz CT molecular complexity index is 683. The van der Waals surface area contributed by atoms with Crippen molar-refractivity contribution in [3.8, 4) is 16.9 Å². The number of hydrogen-bond donors (Lipinski definition) is 0. The minimum absolute atomic E-state index is 0. The van der Waals surface area contributed by atoms with Crippen molar-refractivity contribution in [2.75, 3.05) is 7.11 Å². The van der Waals surface area contributed by atoms with Crippen molar-refractivity contribution in [1.29, 1.82) is 0 Å². The molecule has 0 atom stereocenters. The van der Waals surface area contributed by atoms with Crippen LogP contribution in [0.15, 0.2) is 54.6 Å². The second-order valence-electron chi connectivity index (χ2n) is 4.05. The quantitative estimate of drug-likeness (QED) is 0.670. The summed E-state index contributed by atoms with van der Waals surface area (Å²) in [7, 11) is 1.66. The molecule has 0 aliphatic heterocycles. The van der Waals surface area contributed by atoms with E-state index < -0.39 is 0 Å². The number of nitrogens with zero attached hydrogens (tertiary/aromatic N) is 1. The van der Waals surface area contributed by atoms with E-state index in [1.165, 1.54) is 5.56 Å². The molecule has 0 unspecified atom stereocenters. The molecule has 93 valence electrons. The van der Waals surface area contributed by atoms with Crippen molar-refractivity contribution < 1.29 is 23.3 Å². The SMILES string of the molecule is COc1ccc2c(-c3ccccc3)c[c-]nc2c1.[V]. The molecule has 0 aliphatic rings. The molecular formula is C16H12NOV-. The van der Waals surface area contributed by atoms with Crippen molar-refractivity contribution in [1.82, 2.24) is 4.98 Å². The summed E-state index contributed by atoms with van der Waals surface area (Å²) in [6.45, 7) is 0. The van der Waals surface area contributed by atoms with E-state index in [1.807, 2.05) is 42.5 Å². The van der Waals surface area contributed by atoms with Crippen LogP contribution in [0.3, 0.4) is 0 Å². The Morgan fingerprint density at radius 3 is 2.58 bits per heavy atom. The van der Waals surface area contributed by atoms with Crippen molar-refractivity contribution in [2.24, 2.45) is 0 Å². The van der Waals surface area contributed by atoms with E-state index in [4.69, 9.17) is 4.74 Å². The summed E-state index contributed by atoms with van der Waals surface area (Å²) in [5.74, 6) is 0.814. The molecule has 3 rings (SSSR count). The first-order valence-corrected chi connectivity index (χ1v) is 5.79. The van der Waals surface area contributed by atoms with E-state index in [0.29, 0.717) is 0 Å². The van der Waals surface area contributed by atoms with Gasteiger partial charge in [0.15, 0.2) is 0 Å². The van der Waals surface area contributed by atoms with Crippen LogP contribution in [-0.4, -0.2) is 12.1 Å². The second-order valence-corrected chi connectivity index (χ2v) is 4.05. The summed E-state index contributed by atoms with van der Waals surface area (Å²) in [5.41, 5.74) is 3.21. The van der Waals surface area contributed by atoms with Crippen LogP contribution in [0.25, 0.3) is 22.0 Å². The van der Waals surface area contributed by atoms with E-state index in [-0.39, 0.29) is 18.6 Å². The molecule has 0 bridgehead atoms. The van der Waals surface area contributed by atoms with Crippen LogP contribution in [0.4, 0.5) is 0 Å². The molecule has 0 aliphatic carbocycles. The summed E-state index contributed by atoms with van der Waals surface area (Å²) < 4.78 is 5.21. The zero-order valence-corrected chi connectivity index (χ0v) is 11.9. The van der Waals surface area contributed by atoms with Gasteiger partial charge in [0, 0.05) is 18.6 Å². The van der Waals surface area contributed by atoms with Crippen LogP contribution in [0.1, 0.15) is 0 Å². The van der Waals surface area contributed by atoms with Crippen LogP contribution >= 0.6 is 0 Å². The third-order valence-electron chi connectivity index (χ3n) is 2.97. The fraction of sp³-hybridized carbons (Fsp3) is 0.0625. The predicted octanol–water partition coefficient (Wildman–Crippen LogP) is 3.71. The standard InChI is InChI=1S/C16H12NO.V/c1-18-13-7-8-15-14(9-10-17-16(15)11-13)12-5-3-2-4-6-12;/h2-9,11H,1H3;/q-1;. The van der Waals surface area contributed by atoms with Crippen LogP contribution in [0, 0.1) is 6.20 Å². The molecule has 1 heterocycles. The molecule has 1 radical (unpaired) electrons. The van der Waals surface area contributed by atoms with Gasteiger partial charge in [0.05, 0.1) is 7.11 Å². The summed E-state index contributed by atoms with van der Waals surface area (Å²) in [6, 6.07) is 18.1. The zero-order valence-electron chi connectivity index (χ0n) is 10.5. The van der Waals surface area contributed by atoms with E-state index in [1.54, 1.807) is 7.11 Å². The van der Waals surface area contributed by atoms with Gasteiger partial charge in [0.25, 0.3) is 0 Å². The summed E-state index contributed by atoms with van der Waals surface area (Å²) >= 11 is 0. The molecule has 0 N–H and O–H groups in total. The van der Waals surface area contributed by atoms with Gasteiger partial charge in [-0.2, -0.15) is 0 Å². The molecule has 3 aromatic rings. The van der Waals surface area contributed by atoms with Gasteiger partial charge in [-0.15, -0.1) is 17.0 Å². The van der Waals surface area contributed by atoms with Crippen molar-refractivity contribution in [3.05, 3.63) is 60.8 Å². The van der Waals surface area contributed by atoms with Gasteiger partial charge in [-0.05, 0) is 11.6 Å². The molecule has 0 saturated heterocycles. The fourth-order valence-electron chi connectivity index (χ4n) is 2.06. The van der Waals surface area contributed by atoms with Crippen molar-refractivity contribution in [3.63, 3.8) is 0 Å². The van der Waals surface area contributed by atoms with E-state index in [9.17, 15) is 0 Å². The first-order chi connectivity index (χ1) is 8.88.